The molecule has 2 aromatic rings. The fraction of sp³-hybridized carbons (Fsp3) is 0.125. The molecule has 0 aliphatic heterocycles. The number of ether oxygens (including phenoxy) is 1. The van der Waals surface area contributed by atoms with Crippen LogP contribution in [0.3, 0.4) is 0 Å². The molecule has 1 atom stereocenters. The van der Waals surface area contributed by atoms with Crippen molar-refractivity contribution in [1.29, 1.82) is 0 Å². The SMILES string of the molecule is CC(Oc1ccc(F)cc1)C(=O)NNC(=O)c1cc(F)cc(Br)c1. The van der Waals surface area contributed by atoms with Crippen LogP contribution < -0.4 is 15.6 Å². The third kappa shape index (κ3) is 5.02. The van der Waals surface area contributed by atoms with Crippen LogP contribution in [-0.2, 0) is 4.79 Å². The Balaban J connectivity index is 1.89. The number of benzene rings is 2. The lowest BCUT2D eigenvalue weighted by Crippen LogP contribution is -2.47. The summed E-state index contributed by atoms with van der Waals surface area (Å²) in [5, 5.41) is 0. The van der Waals surface area contributed by atoms with Crippen LogP contribution in [0.2, 0.25) is 0 Å². The molecule has 24 heavy (non-hydrogen) atoms. The first-order valence-electron chi connectivity index (χ1n) is 6.83. The molecule has 0 bridgehead atoms. The second kappa shape index (κ2) is 7.87. The number of carbonyl (C=O) groups excluding carboxylic acids is 2. The van der Waals surface area contributed by atoms with Crippen molar-refractivity contribution in [2.24, 2.45) is 0 Å². The van der Waals surface area contributed by atoms with E-state index in [1.807, 2.05) is 0 Å². The first kappa shape index (κ1) is 17.9. The van der Waals surface area contributed by atoms with Gasteiger partial charge in [-0.15, -0.1) is 0 Å². The Morgan fingerprint density at radius 2 is 1.71 bits per heavy atom. The van der Waals surface area contributed by atoms with Crippen molar-refractivity contribution in [2.45, 2.75) is 13.0 Å². The molecule has 2 rings (SSSR count). The Bertz CT molecular complexity index is 733. The summed E-state index contributed by atoms with van der Waals surface area (Å²) in [6, 6.07) is 8.79. The average molecular weight is 399 g/mol. The van der Waals surface area contributed by atoms with E-state index in [2.05, 4.69) is 26.8 Å². The summed E-state index contributed by atoms with van der Waals surface area (Å²) in [7, 11) is 0. The van der Waals surface area contributed by atoms with E-state index in [0.717, 1.165) is 6.07 Å². The molecule has 0 aliphatic rings. The Kier molecular flexibility index (Phi) is 5.86. The van der Waals surface area contributed by atoms with Crippen LogP contribution in [0.25, 0.3) is 0 Å². The molecular weight excluding hydrogens is 386 g/mol. The van der Waals surface area contributed by atoms with Gasteiger partial charge in [-0.1, -0.05) is 15.9 Å². The summed E-state index contributed by atoms with van der Waals surface area (Å²) in [5.41, 5.74) is 4.38. The van der Waals surface area contributed by atoms with E-state index in [1.165, 1.54) is 43.3 Å². The number of amides is 2. The molecule has 1 unspecified atom stereocenters. The second-order valence-corrected chi connectivity index (χ2v) is 5.73. The van der Waals surface area contributed by atoms with Crippen LogP contribution >= 0.6 is 15.9 Å². The van der Waals surface area contributed by atoms with E-state index in [4.69, 9.17) is 4.74 Å². The number of halogens is 3. The van der Waals surface area contributed by atoms with Gasteiger partial charge >= 0.3 is 0 Å². The van der Waals surface area contributed by atoms with Gasteiger partial charge in [0.05, 0.1) is 0 Å². The van der Waals surface area contributed by atoms with Crippen molar-refractivity contribution in [2.75, 3.05) is 0 Å². The zero-order chi connectivity index (χ0) is 17.7. The lowest BCUT2D eigenvalue weighted by molar-refractivity contribution is -0.128. The highest BCUT2D eigenvalue weighted by atomic mass is 79.9. The molecule has 0 aliphatic carbocycles. The highest BCUT2D eigenvalue weighted by molar-refractivity contribution is 9.10. The quantitative estimate of drug-likeness (QED) is 0.778. The topological polar surface area (TPSA) is 67.4 Å². The van der Waals surface area contributed by atoms with E-state index in [-0.39, 0.29) is 5.56 Å². The number of carbonyl (C=O) groups is 2. The monoisotopic (exact) mass is 398 g/mol. The predicted octanol–water partition coefficient (Wildman–Crippen LogP) is 2.96. The molecule has 8 heteroatoms. The highest BCUT2D eigenvalue weighted by Crippen LogP contribution is 2.15. The molecule has 0 spiro atoms. The van der Waals surface area contributed by atoms with Crippen LogP contribution in [0.5, 0.6) is 5.75 Å². The van der Waals surface area contributed by atoms with E-state index in [0.29, 0.717) is 10.2 Å². The third-order valence-corrected chi connectivity index (χ3v) is 3.38. The second-order valence-electron chi connectivity index (χ2n) is 4.82. The van der Waals surface area contributed by atoms with Gasteiger partial charge in [-0.25, -0.2) is 8.78 Å². The van der Waals surface area contributed by atoms with Crippen molar-refractivity contribution in [1.82, 2.24) is 10.9 Å². The van der Waals surface area contributed by atoms with Gasteiger partial charge in [0.2, 0.25) is 0 Å². The summed E-state index contributed by atoms with van der Waals surface area (Å²) in [4.78, 5) is 23.8. The van der Waals surface area contributed by atoms with Crippen molar-refractivity contribution < 1.29 is 23.1 Å². The number of hydrogen-bond acceptors (Lipinski definition) is 3. The van der Waals surface area contributed by atoms with Gasteiger partial charge in [0, 0.05) is 10.0 Å². The first-order chi connectivity index (χ1) is 11.3. The van der Waals surface area contributed by atoms with Gasteiger partial charge in [-0.3, -0.25) is 20.4 Å². The Labute approximate surface area is 145 Å². The van der Waals surface area contributed by atoms with Crippen LogP contribution in [0.4, 0.5) is 8.78 Å². The number of hydrazine groups is 1. The molecule has 2 N–H and O–H groups in total. The van der Waals surface area contributed by atoms with Crippen molar-refractivity contribution in [3.05, 3.63) is 64.1 Å². The van der Waals surface area contributed by atoms with Gasteiger partial charge in [0.15, 0.2) is 6.10 Å². The maximum absolute atomic E-state index is 13.2. The Morgan fingerprint density at radius 1 is 1.04 bits per heavy atom. The molecule has 0 saturated carbocycles. The Hall–Kier alpha value is -2.48. The van der Waals surface area contributed by atoms with Crippen LogP contribution in [0.1, 0.15) is 17.3 Å². The van der Waals surface area contributed by atoms with E-state index >= 15 is 0 Å². The largest absolute Gasteiger partial charge is 0.481 e. The maximum Gasteiger partial charge on any atom is 0.279 e. The smallest absolute Gasteiger partial charge is 0.279 e. The Morgan fingerprint density at radius 3 is 2.33 bits per heavy atom. The van der Waals surface area contributed by atoms with Gasteiger partial charge in [0.25, 0.3) is 11.8 Å². The summed E-state index contributed by atoms with van der Waals surface area (Å²) in [5.74, 6) is -2.01. The van der Waals surface area contributed by atoms with Gasteiger partial charge in [0.1, 0.15) is 17.4 Å². The highest BCUT2D eigenvalue weighted by Gasteiger charge is 2.16. The first-order valence-corrected chi connectivity index (χ1v) is 7.63. The van der Waals surface area contributed by atoms with Gasteiger partial charge < -0.3 is 4.74 Å². The number of hydrogen-bond donors (Lipinski definition) is 2. The lowest BCUT2D eigenvalue weighted by Gasteiger charge is -2.15. The third-order valence-electron chi connectivity index (χ3n) is 2.92. The van der Waals surface area contributed by atoms with Crippen molar-refractivity contribution >= 4 is 27.7 Å². The minimum atomic E-state index is -0.935. The summed E-state index contributed by atoms with van der Waals surface area (Å²) in [6.07, 6.45) is -0.935. The molecule has 2 amide bonds. The van der Waals surface area contributed by atoms with Crippen molar-refractivity contribution in [3.8, 4) is 5.75 Å². The standard InChI is InChI=1S/C16H13BrF2N2O3/c1-9(24-14-4-2-12(18)3-5-14)15(22)20-21-16(23)10-6-11(17)8-13(19)7-10/h2-9H,1H3,(H,20,22)(H,21,23). The zero-order valence-electron chi connectivity index (χ0n) is 12.5. The molecular formula is C16H13BrF2N2O3. The summed E-state index contributed by atoms with van der Waals surface area (Å²) >= 11 is 3.07. The molecule has 0 heterocycles. The predicted molar refractivity (Wildman–Crippen MR) is 86.2 cm³/mol. The summed E-state index contributed by atoms with van der Waals surface area (Å²) in [6.45, 7) is 1.46. The van der Waals surface area contributed by atoms with Gasteiger partial charge in [-0.05, 0) is 49.4 Å². The molecule has 2 aromatic carbocycles. The molecule has 0 aromatic heterocycles. The fourth-order valence-corrected chi connectivity index (χ4v) is 2.21. The van der Waals surface area contributed by atoms with Crippen LogP contribution in [-0.4, -0.2) is 17.9 Å². The average Bonchev–Trinajstić information content (AvgIpc) is 2.53. The number of rotatable bonds is 4. The molecule has 126 valence electrons. The molecule has 5 nitrogen and oxygen atoms in total. The van der Waals surface area contributed by atoms with E-state index < -0.39 is 29.6 Å². The summed E-state index contributed by atoms with van der Waals surface area (Å²) < 4.78 is 31.7. The van der Waals surface area contributed by atoms with E-state index in [9.17, 15) is 18.4 Å². The maximum atomic E-state index is 13.2. The number of nitrogens with one attached hydrogen (secondary N) is 2. The zero-order valence-corrected chi connectivity index (χ0v) is 14.1. The molecule has 0 fully saturated rings. The normalized spacial score (nSPS) is 11.5. The van der Waals surface area contributed by atoms with Gasteiger partial charge in [-0.2, -0.15) is 0 Å². The van der Waals surface area contributed by atoms with Crippen molar-refractivity contribution in [3.63, 3.8) is 0 Å². The minimum Gasteiger partial charge on any atom is -0.481 e. The lowest BCUT2D eigenvalue weighted by atomic mass is 10.2. The minimum absolute atomic E-state index is 0.0364. The molecule has 0 radical (unpaired) electrons. The molecule has 0 saturated heterocycles. The fourth-order valence-electron chi connectivity index (χ4n) is 1.75. The van der Waals surface area contributed by atoms with Crippen LogP contribution in [0.15, 0.2) is 46.9 Å². The van der Waals surface area contributed by atoms with Crippen LogP contribution in [0, 0.1) is 11.6 Å². The van der Waals surface area contributed by atoms with E-state index in [1.54, 1.807) is 0 Å².